The molecule has 3 aromatic carbocycles. The van der Waals surface area contributed by atoms with E-state index < -0.39 is 17.8 Å². The molecule has 1 aromatic heterocycles. The van der Waals surface area contributed by atoms with Crippen molar-refractivity contribution in [3.63, 3.8) is 0 Å². The van der Waals surface area contributed by atoms with E-state index in [4.69, 9.17) is 4.74 Å². The minimum Gasteiger partial charge on any atom is -0.489 e. The highest BCUT2D eigenvalue weighted by molar-refractivity contribution is 9.10. The first-order chi connectivity index (χ1) is 18.3. The lowest BCUT2D eigenvalue weighted by Gasteiger charge is -2.26. The topological polar surface area (TPSA) is 80.6 Å². The molecule has 1 saturated heterocycles. The van der Waals surface area contributed by atoms with Crippen molar-refractivity contribution in [3.8, 4) is 11.4 Å². The summed E-state index contributed by atoms with van der Waals surface area (Å²) in [7, 11) is 0. The molecule has 7 nitrogen and oxygen atoms in total. The molecule has 4 amide bonds. The van der Waals surface area contributed by atoms with Crippen LogP contribution in [0, 0.1) is 13.8 Å². The van der Waals surface area contributed by atoms with E-state index in [0.717, 1.165) is 37.8 Å². The van der Waals surface area contributed by atoms with Crippen molar-refractivity contribution in [2.45, 2.75) is 20.5 Å². The van der Waals surface area contributed by atoms with Gasteiger partial charge in [0.1, 0.15) is 17.9 Å². The summed E-state index contributed by atoms with van der Waals surface area (Å²) >= 11 is 3.43. The number of halogens is 1. The molecule has 1 fully saturated rings. The molecule has 0 bridgehead atoms. The third-order valence-corrected chi connectivity index (χ3v) is 6.83. The number of benzene rings is 3. The number of nitrogens with zero attached hydrogens (tertiary/aromatic N) is 2. The second-order valence-electron chi connectivity index (χ2n) is 8.86. The lowest BCUT2D eigenvalue weighted by molar-refractivity contribution is -0.122. The summed E-state index contributed by atoms with van der Waals surface area (Å²) in [5.41, 5.74) is 4.76. The number of aromatic nitrogens is 1. The lowest BCUT2D eigenvalue weighted by Crippen LogP contribution is -2.54. The predicted molar refractivity (Wildman–Crippen MR) is 149 cm³/mol. The van der Waals surface area contributed by atoms with Crippen LogP contribution in [0.3, 0.4) is 0 Å². The number of ether oxygens (including phenoxy) is 1. The molecule has 1 aliphatic rings. The number of hydrogen-bond donors (Lipinski definition) is 1. The van der Waals surface area contributed by atoms with Crippen LogP contribution < -0.4 is 15.0 Å². The highest BCUT2D eigenvalue weighted by Crippen LogP contribution is 2.27. The molecule has 0 unspecified atom stereocenters. The number of anilines is 1. The molecule has 2 heterocycles. The van der Waals surface area contributed by atoms with Crippen LogP contribution in [0.1, 0.15) is 22.5 Å². The Morgan fingerprint density at radius 1 is 0.868 bits per heavy atom. The number of nitrogens with one attached hydrogen (secondary N) is 1. The number of amides is 4. The number of aryl methyl sites for hydroxylation is 1. The molecule has 0 radical (unpaired) electrons. The fourth-order valence-electron chi connectivity index (χ4n) is 4.39. The Morgan fingerprint density at radius 3 is 2.24 bits per heavy atom. The van der Waals surface area contributed by atoms with Gasteiger partial charge in [-0.15, -0.1) is 0 Å². The molecular formula is C30H24BrN3O4. The monoisotopic (exact) mass is 569 g/mol. The zero-order chi connectivity index (χ0) is 26.8. The molecule has 0 atom stereocenters. The Hall–Kier alpha value is -4.43. The minimum absolute atomic E-state index is 0.106. The fourth-order valence-corrected chi connectivity index (χ4v) is 4.66. The van der Waals surface area contributed by atoms with Gasteiger partial charge in [0, 0.05) is 21.5 Å². The average molecular weight is 570 g/mol. The van der Waals surface area contributed by atoms with Gasteiger partial charge < -0.3 is 9.30 Å². The highest BCUT2D eigenvalue weighted by atomic mass is 79.9. The van der Waals surface area contributed by atoms with Gasteiger partial charge in [0.2, 0.25) is 0 Å². The molecule has 4 aromatic rings. The Morgan fingerprint density at radius 2 is 1.55 bits per heavy atom. The molecule has 1 aliphatic heterocycles. The molecule has 38 heavy (non-hydrogen) atoms. The maximum atomic E-state index is 13.2. The normalized spacial score (nSPS) is 14.7. The van der Waals surface area contributed by atoms with Crippen molar-refractivity contribution in [2.75, 3.05) is 4.90 Å². The molecule has 8 heteroatoms. The zero-order valence-corrected chi connectivity index (χ0v) is 22.4. The van der Waals surface area contributed by atoms with Gasteiger partial charge in [-0.3, -0.25) is 14.9 Å². The van der Waals surface area contributed by atoms with E-state index >= 15 is 0 Å². The Labute approximate surface area is 228 Å². The van der Waals surface area contributed by atoms with Crippen molar-refractivity contribution in [2.24, 2.45) is 0 Å². The number of imide groups is 2. The first-order valence-corrected chi connectivity index (χ1v) is 12.7. The van der Waals surface area contributed by atoms with E-state index in [9.17, 15) is 14.4 Å². The van der Waals surface area contributed by atoms with Crippen molar-refractivity contribution in [3.05, 3.63) is 117 Å². The molecule has 0 spiro atoms. The van der Waals surface area contributed by atoms with Crippen LogP contribution in [-0.2, 0) is 16.2 Å². The number of carbonyl (C=O) groups is 3. The quantitative estimate of drug-likeness (QED) is 0.224. The molecular weight excluding hydrogens is 546 g/mol. The maximum Gasteiger partial charge on any atom is 0.335 e. The number of rotatable bonds is 6. The Balaban J connectivity index is 1.39. The SMILES string of the molecule is Cc1cc(/C=C2\C(=O)NC(=O)N(c3ccccc3)C2=O)c(C)n1-c1ccc(OCc2ccc(Br)cc2)cc1. The molecule has 0 saturated carbocycles. The Kier molecular flexibility index (Phi) is 6.98. The zero-order valence-electron chi connectivity index (χ0n) is 20.8. The van der Waals surface area contributed by atoms with E-state index in [0.29, 0.717) is 17.9 Å². The predicted octanol–water partition coefficient (Wildman–Crippen LogP) is 6.10. The van der Waals surface area contributed by atoms with Crippen LogP contribution >= 0.6 is 15.9 Å². The first kappa shape index (κ1) is 25.2. The average Bonchev–Trinajstić information content (AvgIpc) is 3.19. The van der Waals surface area contributed by atoms with Crippen LogP contribution in [0.2, 0.25) is 0 Å². The minimum atomic E-state index is -0.767. The van der Waals surface area contributed by atoms with E-state index in [1.165, 1.54) is 6.08 Å². The van der Waals surface area contributed by atoms with Gasteiger partial charge in [-0.1, -0.05) is 46.3 Å². The lowest BCUT2D eigenvalue weighted by atomic mass is 10.1. The Bertz CT molecular complexity index is 1560. The van der Waals surface area contributed by atoms with Gasteiger partial charge in [0.15, 0.2) is 0 Å². The first-order valence-electron chi connectivity index (χ1n) is 11.9. The van der Waals surface area contributed by atoms with Crippen LogP contribution in [0.15, 0.2) is 95.0 Å². The number of urea groups is 1. The third-order valence-electron chi connectivity index (χ3n) is 6.30. The van der Waals surface area contributed by atoms with Gasteiger partial charge in [0.05, 0.1) is 5.69 Å². The summed E-state index contributed by atoms with van der Waals surface area (Å²) < 4.78 is 8.98. The third kappa shape index (κ3) is 5.03. The molecule has 0 aliphatic carbocycles. The fraction of sp³-hybridized carbons (Fsp3) is 0.100. The smallest absolute Gasteiger partial charge is 0.335 e. The van der Waals surface area contributed by atoms with Crippen LogP contribution in [0.5, 0.6) is 5.75 Å². The summed E-state index contributed by atoms with van der Waals surface area (Å²) in [6, 6.07) is 25.4. The summed E-state index contributed by atoms with van der Waals surface area (Å²) in [5, 5.41) is 2.27. The van der Waals surface area contributed by atoms with Gasteiger partial charge >= 0.3 is 6.03 Å². The summed E-state index contributed by atoms with van der Waals surface area (Å²) in [5.74, 6) is -0.636. The van der Waals surface area contributed by atoms with E-state index in [2.05, 4.69) is 21.2 Å². The highest BCUT2D eigenvalue weighted by Gasteiger charge is 2.36. The van der Waals surface area contributed by atoms with E-state index in [1.807, 2.05) is 73.0 Å². The van der Waals surface area contributed by atoms with E-state index in [-0.39, 0.29) is 5.57 Å². The van der Waals surface area contributed by atoms with Gasteiger partial charge in [-0.25, -0.2) is 9.69 Å². The van der Waals surface area contributed by atoms with Crippen molar-refractivity contribution < 1.29 is 19.1 Å². The van der Waals surface area contributed by atoms with Crippen molar-refractivity contribution >= 4 is 45.5 Å². The molecule has 1 N–H and O–H groups in total. The molecule has 190 valence electrons. The standard InChI is InChI=1S/C30H24BrN3O4/c1-19-16-22(17-27-28(35)32-30(37)34(29(27)36)24-6-4-3-5-7-24)20(2)33(19)25-12-14-26(15-13-25)38-18-21-8-10-23(31)11-9-21/h3-17H,18H2,1-2H3,(H,32,35,37)/b27-17+. The van der Waals surface area contributed by atoms with Gasteiger partial charge in [-0.05, 0) is 85.6 Å². The summed E-state index contributed by atoms with van der Waals surface area (Å²) in [6.45, 7) is 4.34. The van der Waals surface area contributed by atoms with Crippen LogP contribution in [-0.4, -0.2) is 22.4 Å². The number of para-hydroxylation sites is 1. The number of barbiturate groups is 1. The number of hydrogen-bond acceptors (Lipinski definition) is 4. The second-order valence-corrected chi connectivity index (χ2v) is 9.78. The molecule has 5 rings (SSSR count). The van der Waals surface area contributed by atoms with E-state index in [1.54, 1.807) is 30.3 Å². The number of carbonyl (C=O) groups excluding carboxylic acids is 3. The van der Waals surface area contributed by atoms with Crippen molar-refractivity contribution in [1.82, 2.24) is 9.88 Å². The van der Waals surface area contributed by atoms with Gasteiger partial charge in [0.25, 0.3) is 11.8 Å². The van der Waals surface area contributed by atoms with Crippen LogP contribution in [0.25, 0.3) is 11.8 Å². The second kappa shape index (κ2) is 10.5. The maximum absolute atomic E-state index is 13.2. The van der Waals surface area contributed by atoms with Crippen molar-refractivity contribution in [1.29, 1.82) is 0 Å². The largest absolute Gasteiger partial charge is 0.489 e. The van der Waals surface area contributed by atoms with Crippen LogP contribution in [0.4, 0.5) is 10.5 Å². The summed E-state index contributed by atoms with van der Waals surface area (Å²) in [4.78, 5) is 39.2. The van der Waals surface area contributed by atoms with Gasteiger partial charge in [-0.2, -0.15) is 0 Å². The summed E-state index contributed by atoms with van der Waals surface area (Å²) in [6.07, 6.45) is 1.54.